The van der Waals surface area contributed by atoms with Gasteiger partial charge in [-0.1, -0.05) is 18.2 Å². The number of hydrogen-bond donors (Lipinski definition) is 2. The molecule has 2 rings (SSSR count). The summed E-state index contributed by atoms with van der Waals surface area (Å²) in [5, 5.41) is 7.29. The molecule has 0 aliphatic rings. The highest BCUT2D eigenvalue weighted by molar-refractivity contribution is 5.40. The molecule has 1 aromatic carbocycles. The lowest BCUT2D eigenvalue weighted by molar-refractivity contribution is 0.217. The molecule has 0 saturated carbocycles. The fraction of sp³-hybridized carbons (Fsp3) is 0.400. The molecule has 1 heterocycles. The van der Waals surface area contributed by atoms with Crippen molar-refractivity contribution in [2.45, 2.75) is 40.3 Å². The van der Waals surface area contributed by atoms with E-state index in [1.54, 1.807) is 0 Å². The molecule has 102 valence electrons. The Bertz CT molecular complexity index is 555. The van der Waals surface area contributed by atoms with E-state index in [4.69, 9.17) is 10.5 Å². The van der Waals surface area contributed by atoms with Gasteiger partial charge in [0.2, 0.25) is 0 Å². The summed E-state index contributed by atoms with van der Waals surface area (Å²) in [7, 11) is 0. The molecule has 0 saturated heterocycles. The van der Waals surface area contributed by atoms with Gasteiger partial charge < -0.3 is 10.5 Å². The largest absolute Gasteiger partial charge is 0.484 e. The number of aromatic nitrogens is 2. The van der Waals surface area contributed by atoms with Crippen LogP contribution in [0.4, 0.5) is 0 Å². The molecule has 0 radical (unpaired) electrons. The summed E-state index contributed by atoms with van der Waals surface area (Å²) in [6.45, 7) is 8.55. The van der Waals surface area contributed by atoms with E-state index in [0.29, 0.717) is 6.54 Å². The zero-order valence-corrected chi connectivity index (χ0v) is 11.9. The lowest BCUT2D eigenvalue weighted by Crippen LogP contribution is -2.10. The summed E-state index contributed by atoms with van der Waals surface area (Å²) in [4.78, 5) is 0. The SMILES string of the molecule is Cc1cccc(C)c1OC(C)c1n[nH]c(C)c1CN. The molecule has 4 heteroatoms. The number of benzene rings is 1. The van der Waals surface area contributed by atoms with Gasteiger partial charge in [-0.05, 0) is 38.8 Å². The molecule has 0 aliphatic carbocycles. The minimum absolute atomic E-state index is 0.122. The molecule has 3 N–H and O–H groups in total. The normalized spacial score (nSPS) is 12.5. The van der Waals surface area contributed by atoms with Gasteiger partial charge in [-0.3, -0.25) is 5.10 Å². The predicted molar refractivity (Wildman–Crippen MR) is 76.2 cm³/mol. The lowest BCUT2D eigenvalue weighted by Gasteiger charge is -2.17. The molecule has 0 amide bonds. The lowest BCUT2D eigenvalue weighted by atomic mass is 10.1. The maximum absolute atomic E-state index is 6.08. The number of nitrogens with two attached hydrogens (primary N) is 1. The number of ether oxygens (including phenoxy) is 1. The minimum atomic E-state index is -0.122. The Balaban J connectivity index is 2.28. The van der Waals surface area contributed by atoms with Gasteiger partial charge in [0.15, 0.2) is 0 Å². The van der Waals surface area contributed by atoms with Crippen molar-refractivity contribution in [3.05, 3.63) is 46.3 Å². The van der Waals surface area contributed by atoms with Crippen LogP contribution in [0, 0.1) is 20.8 Å². The number of aromatic amines is 1. The number of aryl methyl sites for hydroxylation is 3. The van der Waals surface area contributed by atoms with Gasteiger partial charge in [0.05, 0.1) is 0 Å². The van der Waals surface area contributed by atoms with Gasteiger partial charge in [0.1, 0.15) is 17.5 Å². The molecule has 2 aromatic rings. The first-order valence-corrected chi connectivity index (χ1v) is 6.51. The third-order valence-electron chi connectivity index (χ3n) is 3.40. The van der Waals surface area contributed by atoms with E-state index in [0.717, 1.165) is 33.8 Å². The van der Waals surface area contributed by atoms with Crippen LogP contribution in [0.3, 0.4) is 0 Å². The number of nitrogens with zero attached hydrogens (tertiary/aromatic N) is 1. The summed E-state index contributed by atoms with van der Waals surface area (Å²) < 4.78 is 6.08. The average molecular weight is 259 g/mol. The third-order valence-corrected chi connectivity index (χ3v) is 3.40. The van der Waals surface area contributed by atoms with E-state index in [9.17, 15) is 0 Å². The Kier molecular flexibility index (Phi) is 3.90. The number of nitrogens with one attached hydrogen (secondary N) is 1. The average Bonchev–Trinajstić information content (AvgIpc) is 2.75. The van der Waals surface area contributed by atoms with Crippen LogP contribution in [0.2, 0.25) is 0 Å². The third kappa shape index (κ3) is 2.63. The van der Waals surface area contributed by atoms with Crippen LogP contribution in [0.5, 0.6) is 5.75 Å². The topological polar surface area (TPSA) is 63.9 Å². The highest BCUT2D eigenvalue weighted by Crippen LogP contribution is 2.29. The predicted octanol–water partition coefficient (Wildman–Crippen LogP) is 2.93. The second kappa shape index (κ2) is 5.45. The van der Waals surface area contributed by atoms with Gasteiger partial charge in [-0.15, -0.1) is 0 Å². The summed E-state index contributed by atoms with van der Waals surface area (Å²) in [5.41, 5.74) is 11.0. The first-order valence-electron chi connectivity index (χ1n) is 6.51. The number of hydrogen-bond acceptors (Lipinski definition) is 3. The Hall–Kier alpha value is -1.81. The van der Waals surface area contributed by atoms with Crippen molar-refractivity contribution < 1.29 is 4.74 Å². The van der Waals surface area contributed by atoms with Gasteiger partial charge in [0.25, 0.3) is 0 Å². The number of rotatable bonds is 4. The molecule has 0 bridgehead atoms. The van der Waals surface area contributed by atoms with Crippen LogP contribution in [0.1, 0.15) is 41.1 Å². The van der Waals surface area contributed by atoms with Gasteiger partial charge >= 0.3 is 0 Å². The van der Waals surface area contributed by atoms with Gasteiger partial charge in [-0.2, -0.15) is 5.10 Å². The fourth-order valence-corrected chi connectivity index (χ4v) is 2.28. The summed E-state index contributed by atoms with van der Waals surface area (Å²) in [6, 6.07) is 6.13. The molecule has 1 unspecified atom stereocenters. The molecule has 0 fully saturated rings. The van der Waals surface area contributed by atoms with E-state index in [1.165, 1.54) is 0 Å². The number of H-pyrrole nitrogens is 1. The summed E-state index contributed by atoms with van der Waals surface area (Å²) in [6.07, 6.45) is -0.122. The van der Waals surface area contributed by atoms with Crippen LogP contribution in [-0.4, -0.2) is 10.2 Å². The van der Waals surface area contributed by atoms with E-state index in [1.807, 2.05) is 19.9 Å². The zero-order valence-electron chi connectivity index (χ0n) is 11.9. The molecule has 0 spiro atoms. The molecular formula is C15H21N3O. The standard InChI is InChI=1S/C15H21N3O/c1-9-6-5-7-10(2)15(9)19-12(4)14-13(8-16)11(3)17-18-14/h5-7,12H,8,16H2,1-4H3,(H,17,18). The van der Waals surface area contributed by atoms with Gasteiger partial charge in [0, 0.05) is 17.8 Å². The van der Waals surface area contributed by atoms with Gasteiger partial charge in [-0.25, -0.2) is 0 Å². The molecule has 0 aliphatic heterocycles. The molecular weight excluding hydrogens is 238 g/mol. The highest BCUT2D eigenvalue weighted by Gasteiger charge is 2.18. The van der Waals surface area contributed by atoms with Crippen molar-refractivity contribution in [3.63, 3.8) is 0 Å². The van der Waals surface area contributed by atoms with Crippen molar-refractivity contribution in [1.82, 2.24) is 10.2 Å². The second-order valence-corrected chi connectivity index (χ2v) is 4.90. The van der Waals surface area contributed by atoms with Crippen LogP contribution in [-0.2, 0) is 6.54 Å². The maximum Gasteiger partial charge on any atom is 0.140 e. The Labute approximate surface area is 114 Å². The zero-order chi connectivity index (χ0) is 14.0. The van der Waals surface area contributed by atoms with Crippen LogP contribution in [0.25, 0.3) is 0 Å². The van der Waals surface area contributed by atoms with Crippen molar-refractivity contribution in [2.24, 2.45) is 5.73 Å². The van der Waals surface area contributed by atoms with Crippen LogP contribution in [0.15, 0.2) is 18.2 Å². The Morgan fingerprint density at radius 2 is 1.89 bits per heavy atom. The Morgan fingerprint density at radius 1 is 1.26 bits per heavy atom. The first kappa shape index (κ1) is 13.6. The molecule has 1 atom stereocenters. The fourth-order valence-electron chi connectivity index (χ4n) is 2.28. The van der Waals surface area contributed by atoms with Crippen LogP contribution < -0.4 is 10.5 Å². The molecule has 19 heavy (non-hydrogen) atoms. The quantitative estimate of drug-likeness (QED) is 0.887. The second-order valence-electron chi connectivity index (χ2n) is 4.90. The van der Waals surface area contributed by atoms with E-state index >= 15 is 0 Å². The van der Waals surface area contributed by atoms with E-state index < -0.39 is 0 Å². The molecule has 4 nitrogen and oxygen atoms in total. The summed E-state index contributed by atoms with van der Waals surface area (Å²) in [5.74, 6) is 0.929. The first-order chi connectivity index (χ1) is 9.04. The maximum atomic E-state index is 6.08. The summed E-state index contributed by atoms with van der Waals surface area (Å²) >= 11 is 0. The van der Waals surface area contributed by atoms with E-state index in [-0.39, 0.29) is 6.10 Å². The smallest absolute Gasteiger partial charge is 0.140 e. The Morgan fingerprint density at radius 3 is 2.47 bits per heavy atom. The van der Waals surface area contributed by atoms with Crippen molar-refractivity contribution >= 4 is 0 Å². The van der Waals surface area contributed by atoms with Crippen molar-refractivity contribution in [2.75, 3.05) is 0 Å². The minimum Gasteiger partial charge on any atom is -0.484 e. The van der Waals surface area contributed by atoms with Crippen LogP contribution >= 0.6 is 0 Å². The number of para-hydroxylation sites is 1. The van der Waals surface area contributed by atoms with Crippen molar-refractivity contribution in [1.29, 1.82) is 0 Å². The van der Waals surface area contributed by atoms with E-state index in [2.05, 4.69) is 36.2 Å². The van der Waals surface area contributed by atoms with Crippen molar-refractivity contribution in [3.8, 4) is 5.75 Å². The highest BCUT2D eigenvalue weighted by atomic mass is 16.5. The molecule has 1 aromatic heterocycles. The monoisotopic (exact) mass is 259 g/mol.